The van der Waals surface area contributed by atoms with Crippen molar-refractivity contribution in [1.82, 2.24) is 0 Å². The Balaban J connectivity index is 2.96. The molecular weight excluding hydrogens is 214 g/mol. The summed E-state index contributed by atoms with van der Waals surface area (Å²) in [5, 5.41) is 28.8. The van der Waals surface area contributed by atoms with E-state index in [9.17, 15) is 20.0 Å². The summed E-state index contributed by atoms with van der Waals surface area (Å²) in [4.78, 5) is 20.3. The zero-order valence-corrected chi connectivity index (χ0v) is 8.58. The van der Waals surface area contributed by atoms with Gasteiger partial charge in [-0.3, -0.25) is 14.9 Å². The molecule has 0 heterocycles. The number of carboxylic acid groups (broad SMARTS) is 1. The van der Waals surface area contributed by atoms with Crippen LogP contribution in [0, 0.1) is 10.1 Å². The smallest absolute Gasteiger partial charge is 0.306 e. The molecule has 1 atom stereocenters. The number of carboxylic acids is 1. The quantitative estimate of drug-likeness (QED) is 0.593. The topological polar surface area (TPSA) is 101 Å². The van der Waals surface area contributed by atoms with Gasteiger partial charge in [-0.1, -0.05) is 0 Å². The molecule has 0 fully saturated rings. The van der Waals surface area contributed by atoms with Crippen LogP contribution in [0.4, 0.5) is 5.69 Å². The molecule has 1 aromatic rings. The van der Waals surface area contributed by atoms with Crippen LogP contribution in [-0.2, 0) is 10.4 Å². The number of rotatable bonds is 4. The van der Waals surface area contributed by atoms with Crippen LogP contribution < -0.4 is 0 Å². The van der Waals surface area contributed by atoms with Crippen molar-refractivity contribution in [2.75, 3.05) is 0 Å². The van der Waals surface area contributed by atoms with Crippen molar-refractivity contribution in [3.05, 3.63) is 39.9 Å². The molecule has 1 rings (SSSR count). The monoisotopic (exact) mass is 225 g/mol. The molecule has 0 saturated heterocycles. The number of benzene rings is 1. The van der Waals surface area contributed by atoms with Crippen LogP contribution in [0.3, 0.4) is 0 Å². The van der Waals surface area contributed by atoms with Gasteiger partial charge >= 0.3 is 5.97 Å². The van der Waals surface area contributed by atoms with Crippen molar-refractivity contribution in [3.63, 3.8) is 0 Å². The van der Waals surface area contributed by atoms with E-state index in [4.69, 9.17) is 5.11 Å². The van der Waals surface area contributed by atoms with Gasteiger partial charge in [0, 0.05) is 12.1 Å². The lowest BCUT2D eigenvalue weighted by atomic mass is 9.92. The van der Waals surface area contributed by atoms with Crippen LogP contribution in [0.25, 0.3) is 0 Å². The normalized spacial score (nSPS) is 14.1. The minimum atomic E-state index is -1.53. The van der Waals surface area contributed by atoms with Crippen molar-refractivity contribution in [2.45, 2.75) is 18.9 Å². The summed E-state index contributed by atoms with van der Waals surface area (Å²) in [6.45, 7) is 1.35. The van der Waals surface area contributed by atoms with Crippen LogP contribution in [0.2, 0.25) is 0 Å². The summed E-state index contributed by atoms with van der Waals surface area (Å²) >= 11 is 0. The molecule has 0 spiro atoms. The highest BCUT2D eigenvalue weighted by atomic mass is 16.6. The molecule has 6 nitrogen and oxygen atoms in total. The molecular formula is C10H11NO5. The highest BCUT2D eigenvalue weighted by molar-refractivity contribution is 5.68. The minimum Gasteiger partial charge on any atom is -0.481 e. The summed E-state index contributed by atoms with van der Waals surface area (Å²) in [5.74, 6) is -1.14. The Labute approximate surface area is 91.3 Å². The Bertz CT molecular complexity index is 410. The van der Waals surface area contributed by atoms with Crippen LogP contribution >= 0.6 is 0 Å². The van der Waals surface area contributed by atoms with Gasteiger partial charge in [0.25, 0.3) is 5.69 Å². The Morgan fingerprint density at radius 2 is 1.94 bits per heavy atom. The fraction of sp³-hybridized carbons (Fsp3) is 0.300. The number of hydrogen-bond acceptors (Lipinski definition) is 4. The highest BCUT2D eigenvalue weighted by Gasteiger charge is 2.26. The predicted molar refractivity (Wildman–Crippen MR) is 54.9 cm³/mol. The fourth-order valence-electron chi connectivity index (χ4n) is 1.34. The molecule has 0 aromatic heterocycles. The molecule has 1 unspecified atom stereocenters. The number of aliphatic hydroxyl groups is 1. The first-order valence-electron chi connectivity index (χ1n) is 4.52. The van der Waals surface area contributed by atoms with Crippen LogP contribution in [0.1, 0.15) is 18.9 Å². The van der Waals surface area contributed by atoms with Crippen LogP contribution in [0.15, 0.2) is 24.3 Å². The van der Waals surface area contributed by atoms with Gasteiger partial charge in [-0.05, 0) is 24.6 Å². The largest absolute Gasteiger partial charge is 0.481 e. The van der Waals surface area contributed by atoms with Gasteiger partial charge in [0.2, 0.25) is 0 Å². The SMILES string of the molecule is CC(O)(CC(=O)O)c1ccc([N+](=O)[O-])cc1. The first-order valence-corrected chi connectivity index (χ1v) is 4.52. The van der Waals surface area contributed by atoms with E-state index in [2.05, 4.69) is 0 Å². The van der Waals surface area contributed by atoms with Crippen molar-refractivity contribution in [3.8, 4) is 0 Å². The summed E-state index contributed by atoms with van der Waals surface area (Å²) in [6, 6.07) is 5.15. The maximum absolute atomic E-state index is 10.5. The Morgan fingerprint density at radius 1 is 1.44 bits per heavy atom. The molecule has 86 valence electrons. The van der Waals surface area contributed by atoms with Gasteiger partial charge in [-0.2, -0.15) is 0 Å². The number of non-ortho nitro benzene ring substituents is 1. The highest BCUT2D eigenvalue weighted by Crippen LogP contribution is 2.26. The van der Waals surface area contributed by atoms with E-state index in [1.165, 1.54) is 31.2 Å². The molecule has 0 aliphatic carbocycles. The molecule has 0 saturated carbocycles. The molecule has 2 N–H and O–H groups in total. The molecule has 6 heteroatoms. The minimum absolute atomic E-state index is 0.102. The van der Waals surface area contributed by atoms with E-state index in [1.54, 1.807) is 0 Å². The fourth-order valence-corrected chi connectivity index (χ4v) is 1.34. The first kappa shape index (κ1) is 12.1. The third kappa shape index (κ3) is 2.77. The third-order valence-electron chi connectivity index (χ3n) is 2.20. The number of nitrogens with zero attached hydrogens (tertiary/aromatic N) is 1. The maximum Gasteiger partial charge on any atom is 0.306 e. The van der Waals surface area contributed by atoms with Gasteiger partial charge in [0.05, 0.1) is 16.9 Å². The third-order valence-corrected chi connectivity index (χ3v) is 2.20. The van der Waals surface area contributed by atoms with E-state index >= 15 is 0 Å². The Hall–Kier alpha value is -1.95. The van der Waals surface area contributed by atoms with Crippen molar-refractivity contribution in [1.29, 1.82) is 0 Å². The molecule has 0 aliphatic rings. The van der Waals surface area contributed by atoms with Gasteiger partial charge in [-0.25, -0.2) is 0 Å². The predicted octanol–water partition coefficient (Wildman–Crippen LogP) is 1.28. The van der Waals surface area contributed by atoms with Crippen LogP contribution in [0.5, 0.6) is 0 Å². The van der Waals surface area contributed by atoms with E-state index in [0.29, 0.717) is 5.56 Å². The second kappa shape index (κ2) is 4.28. The Morgan fingerprint density at radius 3 is 2.31 bits per heavy atom. The van der Waals surface area contributed by atoms with Gasteiger partial charge in [-0.15, -0.1) is 0 Å². The lowest BCUT2D eigenvalue weighted by molar-refractivity contribution is -0.384. The van der Waals surface area contributed by atoms with Gasteiger partial charge < -0.3 is 10.2 Å². The maximum atomic E-state index is 10.5. The second-order valence-electron chi connectivity index (χ2n) is 3.65. The standard InChI is InChI=1S/C10H11NO5/c1-10(14,6-9(12)13)7-2-4-8(5-3-7)11(15)16/h2-5,14H,6H2,1H3,(H,12,13). The van der Waals surface area contributed by atoms with Crippen LogP contribution in [-0.4, -0.2) is 21.1 Å². The summed E-state index contributed by atoms with van der Waals surface area (Å²) in [7, 11) is 0. The van der Waals surface area contributed by atoms with E-state index in [0.717, 1.165) is 0 Å². The zero-order chi connectivity index (χ0) is 12.3. The van der Waals surface area contributed by atoms with Gasteiger partial charge in [0.1, 0.15) is 0 Å². The summed E-state index contributed by atoms with van der Waals surface area (Å²) in [6.07, 6.45) is -0.454. The van der Waals surface area contributed by atoms with Crippen molar-refractivity contribution in [2.24, 2.45) is 0 Å². The van der Waals surface area contributed by atoms with Crippen molar-refractivity contribution >= 4 is 11.7 Å². The van der Waals surface area contributed by atoms with E-state index in [1.807, 2.05) is 0 Å². The zero-order valence-electron chi connectivity index (χ0n) is 8.58. The lowest BCUT2D eigenvalue weighted by Gasteiger charge is -2.21. The second-order valence-corrected chi connectivity index (χ2v) is 3.65. The summed E-state index contributed by atoms with van der Waals surface area (Å²) < 4.78 is 0. The van der Waals surface area contributed by atoms with E-state index < -0.39 is 22.9 Å². The number of nitro groups is 1. The molecule has 0 radical (unpaired) electrons. The van der Waals surface area contributed by atoms with E-state index in [-0.39, 0.29) is 5.69 Å². The molecule has 0 aliphatic heterocycles. The number of carbonyl (C=O) groups is 1. The number of nitro benzene ring substituents is 1. The molecule has 0 bridgehead atoms. The number of hydrogen-bond donors (Lipinski definition) is 2. The average molecular weight is 225 g/mol. The summed E-state index contributed by atoms with van der Waals surface area (Å²) in [5.41, 5.74) is -1.29. The van der Waals surface area contributed by atoms with Gasteiger partial charge in [0.15, 0.2) is 0 Å². The molecule has 16 heavy (non-hydrogen) atoms. The van der Waals surface area contributed by atoms with Crippen molar-refractivity contribution < 1.29 is 19.9 Å². The molecule has 0 amide bonds. The first-order chi connectivity index (χ1) is 7.33. The molecule has 1 aromatic carbocycles. The lowest BCUT2D eigenvalue weighted by Crippen LogP contribution is -2.24. The number of aliphatic carboxylic acids is 1. The Kier molecular flexibility index (Phi) is 3.24. The average Bonchev–Trinajstić information content (AvgIpc) is 2.16.